The Hall–Kier alpha value is -2.87. The molecule has 1 aromatic heterocycles. The number of carbonyl (C=O) groups excluding carboxylic acids is 2. The van der Waals surface area contributed by atoms with Gasteiger partial charge in [-0.25, -0.2) is 4.98 Å². The lowest BCUT2D eigenvalue weighted by molar-refractivity contribution is -0.120. The minimum absolute atomic E-state index is 0.00472. The van der Waals surface area contributed by atoms with Gasteiger partial charge in [-0.15, -0.1) is 17.9 Å². The number of aryl methyl sites for hydroxylation is 1. The lowest BCUT2D eigenvalue weighted by Crippen LogP contribution is -2.35. The van der Waals surface area contributed by atoms with E-state index in [9.17, 15) is 9.59 Å². The number of fused-ring (bicyclic) bond motifs is 1. The summed E-state index contributed by atoms with van der Waals surface area (Å²) in [6.45, 7) is 3.89. The van der Waals surface area contributed by atoms with Crippen LogP contribution in [0.25, 0.3) is 11.3 Å². The highest BCUT2D eigenvalue weighted by atomic mass is 35.5. The zero-order valence-corrected chi connectivity index (χ0v) is 19.3. The van der Waals surface area contributed by atoms with E-state index in [0.717, 1.165) is 16.8 Å². The maximum Gasteiger partial charge on any atom is 0.266 e. The second kappa shape index (κ2) is 9.73. The van der Waals surface area contributed by atoms with Crippen molar-refractivity contribution in [2.75, 3.05) is 23.4 Å². The Morgan fingerprint density at radius 3 is 2.84 bits per heavy atom. The van der Waals surface area contributed by atoms with Crippen LogP contribution in [0, 0.1) is 0 Å². The summed E-state index contributed by atoms with van der Waals surface area (Å²) < 4.78 is 5.74. The van der Waals surface area contributed by atoms with Gasteiger partial charge in [0.25, 0.3) is 5.91 Å². The predicted molar refractivity (Wildman–Crippen MR) is 129 cm³/mol. The summed E-state index contributed by atoms with van der Waals surface area (Å²) in [7, 11) is 0. The molecule has 1 N–H and O–H groups in total. The number of ether oxygens (including phenoxy) is 1. The fraction of sp³-hybridized carbons (Fsp3) is 0.174. The molecule has 1 aliphatic rings. The first-order valence-electron chi connectivity index (χ1n) is 9.82. The molecule has 0 radical (unpaired) electrons. The van der Waals surface area contributed by atoms with Crippen LogP contribution in [0.2, 0.25) is 10.0 Å². The van der Waals surface area contributed by atoms with E-state index in [1.807, 2.05) is 17.5 Å². The van der Waals surface area contributed by atoms with Crippen molar-refractivity contribution in [2.45, 2.75) is 12.8 Å². The van der Waals surface area contributed by atoms with Gasteiger partial charge < -0.3 is 10.1 Å². The second-order valence-corrected chi connectivity index (χ2v) is 8.74. The van der Waals surface area contributed by atoms with Gasteiger partial charge in [0.1, 0.15) is 5.75 Å². The number of hydrogen-bond acceptors (Lipinski definition) is 5. The number of thiazole rings is 1. The minimum Gasteiger partial charge on any atom is -0.484 e. The number of carbonyl (C=O) groups is 2. The van der Waals surface area contributed by atoms with Crippen LogP contribution in [-0.2, 0) is 16.0 Å². The SMILES string of the molecule is C=CCN(C(=O)COc1ccc2c(c1)CCC(=O)N2)c1nc(-c2ccc(Cl)c(Cl)c2)cs1. The standard InChI is InChI=1S/C23H19Cl2N3O3S/c1-2-9-28(23-27-20(13-32-23)15-3-6-17(24)18(25)11-15)22(30)12-31-16-5-7-19-14(10-16)4-8-21(29)26-19/h2-3,5-7,10-11,13H,1,4,8-9,12H2,(H,26,29). The number of aromatic nitrogens is 1. The summed E-state index contributed by atoms with van der Waals surface area (Å²) in [6, 6.07) is 10.7. The highest BCUT2D eigenvalue weighted by molar-refractivity contribution is 7.14. The molecule has 0 saturated heterocycles. The van der Waals surface area contributed by atoms with Gasteiger partial charge in [0, 0.05) is 29.6 Å². The third-order valence-electron chi connectivity index (χ3n) is 4.89. The van der Waals surface area contributed by atoms with Crippen molar-refractivity contribution in [2.24, 2.45) is 0 Å². The van der Waals surface area contributed by atoms with Crippen LogP contribution in [0.1, 0.15) is 12.0 Å². The number of anilines is 2. The van der Waals surface area contributed by atoms with Crippen LogP contribution in [-0.4, -0.2) is 29.9 Å². The summed E-state index contributed by atoms with van der Waals surface area (Å²) in [5.41, 5.74) is 3.28. The molecule has 32 heavy (non-hydrogen) atoms. The Morgan fingerprint density at radius 2 is 2.06 bits per heavy atom. The Labute approximate surface area is 199 Å². The lowest BCUT2D eigenvalue weighted by atomic mass is 10.0. The van der Waals surface area contributed by atoms with Crippen molar-refractivity contribution in [1.29, 1.82) is 0 Å². The molecule has 9 heteroatoms. The highest BCUT2D eigenvalue weighted by Crippen LogP contribution is 2.32. The lowest BCUT2D eigenvalue weighted by Gasteiger charge is -2.20. The van der Waals surface area contributed by atoms with Crippen molar-refractivity contribution in [3.63, 3.8) is 0 Å². The molecule has 0 aliphatic carbocycles. The fourth-order valence-electron chi connectivity index (χ4n) is 3.26. The molecule has 2 aromatic carbocycles. The van der Waals surface area contributed by atoms with E-state index in [2.05, 4.69) is 16.9 Å². The van der Waals surface area contributed by atoms with Crippen LogP contribution in [0.5, 0.6) is 5.75 Å². The van der Waals surface area contributed by atoms with Crippen molar-refractivity contribution >= 4 is 57.2 Å². The Balaban J connectivity index is 1.46. The molecule has 2 amide bonds. The number of nitrogens with one attached hydrogen (secondary N) is 1. The Kier molecular flexibility index (Phi) is 6.79. The molecule has 1 aliphatic heterocycles. The van der Waals surface area contributed by atoms with Gasteiger partial charge in [-0.05, 0) is 42.3 Å². The quantitative estimate of drug-likeness (QED) is 0.440. The van der Waals surface area contributed by atoms with E-state index in [4.69, 9.17) is 27.9 Å². The first-order valence-corrected chi connectivity index (χ1v) is 11.5. The van der Waals surface area contributed by atoms with E-state index in [1.54, 1.807) is 30.3 Å². The third-order valence-corrected chi connectivity index (χ3v) is 6.49. The molecule has 0 spiro atoms. The topological polar surface area (TPSA) is 71.5 Å². The zero-order valence-electron chi connectivity index (χ0n) is 16.9. The molecule has 0 bridgehead atoms. The van der Waals surface area contributed by atoms with E-state index < -0.39 is 0 Å². The van der Waals surface area contributed by atoms with E-state index in [-0.39, 0.29) is 18.4 Å². The second-order valence-electron chi connectivity index (χ2n) is 7.09. The average Bonchev–Trinajstić information content (AvgIpc) is 3.27. The smallest absolute Gasteiger partial charge is 0.266 e. The van der Waals surface area contributed by atoms with Crippen LogP contribution in [0.4, 0.5) is 10.8 Å². The predicted octanol–water partition coefficient (Wildman–Crippen LogP) is 5.60. The molecule has 164 valence electrons. The summed E-state index contributed by atoms with van der Waals surface area (Å²) in [5.74, 6) is 0.332. The first kappa shape index (κ1) is 22.3. The normalized spacial score (nSPS) is 12.6. The van der Waals surface area contributed by atoms with Gasteiger partial charge in [0.05, 0.1) is 15.7 Å². The largest absolute Gasteiger partial charge is 0.484 e. The van der Waals surface area contributed by atoms with Crippen molar-refractivity contribution < 1.29 is 14.3 Å². The number of halogens is 2. The number of benzene rings is 2. The van der Waals surface area contributed by atoms with Gasteiger partial charge in [-0.3, -0.25) is 14.5 Å². The molecular formula is C23H19Cl2N3O3S. The van der Waals surface area contributed by atoms with Crippen molar-refractivity contribution in [3.05, 3.63) is 70.0 Å². The molecule has 6 nitrogen and oxygen atoms in total. The molecule has 0 unspecified atom stereocenters. The highest BCUT2D eigenvalue weighted by Gasteiger charge is 2.20. The molecule has 0 fully saturated rings. The monoisotopic (exact) mass is 487 g/mol. The van der Waals surface area contributed by atoms with Crippen LogP contribution in [0.3, 0.4) is 0 Å². The number of hydrogen-bond donors (Lipinski definition) is 1. The average molecular weight is 488 g/mol. The van der Waals surface area contributed by atoms with Crippen molar-refractivity contribution in [3.8, 4) is 17.0 Å². The molecule has 2 heterocycles. The minimum atomic E-state index is -0.244. The molecule has 0 atom stereocenters. The summed E-state index contributed by atoms with van der Waals surface area (Å²) >= 11 is 13.4. The van der Waals surface area contributed by atoms with Gasteiger partial charge in [0.2, 0.25) is 5.91 Å². The molecule has 3 aromatic rings. The molecule has 0 saturated carbocycles. The summed E-state index contributed by atoms with van der Waals surface area (Å²) in [4.78, 5) is 30.5. The number of nitrogens with zero attached hydrogens (tertiary/aromatic N) is 2. The number of amides is 2. The summed E-state index contributed by atoms with van der Waals surface area (Å²) in [5, 5.41) is 6.13. The summed E-state index contributed by atoms with van der Waals surface area (Å²) in [6.07, 6.45) is 2.72. The maximum absolute atomic E-state index is 12.9. The first-order chi connectivity index (χ1) is 15.4. The van der Waals surface area contributed by atoms with Crippen LogP contribution >= 0.6 is 34.5 Å². The fourth-order valence-corrected chi connectivity index (χ4v) is 4.42. The Bertz CT molecular complexity index is 1190. The maximum atomic E-state index is 12.9. The van der Waals surface area contributed by atoms with Gasteiger partial charge in [-0.1, -0.05) is 35.3 Å². The van der Waals surface area contributed by atoms with Gasteiger partial charge in [0.15, 0.2) is 11.7 Å². The van der Waals surface area contributed by atoms with E-state index >= 15 is 0 Å². The van der Waals surface area contributed by atoms with Crippen molar-refractivity contribution in [1.82, 2.24) is 4.98 Å². The third kappa shape index (κ3) is 4.96. The zero-order chi connectivity index (χ0) is 22.7. The van der Waals surface area contributed by atoms with E-state index in [1.165, 1.54) is 16.2 Å². The molecular weight excluding hydrogens is 469 g/mol. The van der Waals surface area contributed by atoms with E-state index in [0.29, 0.717) is 46.0 Å². The Morgan fingerprint density at radius 1 is 1.22 bits per heavy atom. The number of rotatable bonds is 7. The van der Waals surface area contributed by atoms with Gasteiger partial charge in [-0.2, -0.15) is 0 Å². The van der Waals surface area contributed by atoms with Gasteiger partial charge >= 0.3 is 0 Å². The molecule has 4 rings (SSSR count). The van der Waals surface area contributed by atoms with Crippen LogP contribution < -0.4 is 15.0 Å². The van der Waals surface area contributed by atoms with Crippen LogP contribution in [0.15, 0.2) is 54.4 Å².